The molecule has 2 unspecified atom stereocenters. The second kappa shape index (κ2) is 14.1. The Kier molecular flexibility index (Phi) is 11.2. The average molecular weight is 498 g/mol. The van der Waals surface area contributed by atoms with Gasteiger partial charge in [-0.1, -0.05) is 72.8 Å². The Hall–Kier alpha value is -3.42. The normalized spacial score (nSPS) is 12.3. The zero-order valence-corrected chi connectivity index (χ0v) is 20.3. The van der Waals surface area contributed by atoms with Crippen LogP contribution in [-0.2, 0) is 32.1 Å². The SMILES string of the molecule is Cl.NC(=O)CC(Cc1ccc2ccccc2c1)NC(=O)C(N)CCCC(=O)OCc1ccccc1. The van der Waals surface area contributed by atoms with Gasteiger partial charge in [0, 0.05) is 18.9 Å². The lowest BCUT2D eigenvalue weighted by molar-refractivity contribution is -0.145. The minimum Gasteiger partial charge on any atom is -0.461 e. The first-order valence-electron chi connectivity index (χ1n) is 11.4. The highest BCUT2D eigenvalue weighted by Crippen LogP contribution is 2.17. The molecule has 0 saturated heterocycles. The summed E-state index contributed by atoms with van der Waals surface area (Å²) in [4.78, 5) is 36.1. The number of amides is 2. The van der Waals surface area contributed by atoms with E-state index in [1.165, 1.54) is 0 Å². The fourth-order valence-electron chi connectivity index (χ4n) is 3.78. The van der Waals surface area contributed by atoms with Gasteiger partial charge < -0.3 is 21.5 Å². The van der Waals surface area contributed by atoms with Crippen molar-refractivity contribution in [1.29, 1.82) is 0 Å². The fourth-order valence-corrected chi connectivity index (χ4v) is 3.78. The number of benzene rings is 3. The molecule has 0 bridgehead atoms. The van der Waals surface area contributed by atoms with E-state index in [2.05, 4.69) is 5.32 Å². The molecule has 7 nitrogen and oxygen atoms in total. The van der Waals surface area contributed by atoms with Crippen LogP contribution in [0.4, 0.5) is 0 Å². The number of hydrogen-bond donors (Lipinski definition) is 3. The molecule has 3 rings (SSSR count). The number of esters is 1. The molecular formula is C27H32ClN3O4. The van der Waals surface area contributed by atoms with Crippen LogP contribution < -0.4 is 16.8 Å². The summed E-state index contributed by atoms with van der Waals surface area (Å²) in [5, 5.41) is 5.05. The fraction of sp³-hybridized carbons (Fsp3) is 0.296. The minimum atomic E-state index is -0.797. The molecule has 0 saturated carbocycles. The Labute approximate surface area is 211 Å². The van der Waals surface area contributed by atoms with E-state index >= 15 is 0 Å². The number of hydrogen-bond acceptors (Lipinski definition) is 5. The summed E-state index contributed by atoms with van der Waals surface area (Å²) in [6.45, 7) is 0.218. The van der Waals surface area contributed by atoms with Gasteiger partial charge in [0.1, 0.15) is 6.61 Å². The smallest absolute Gasteiger partial charge is 0.306 e. The van der Waals surface area contributed by atoms with Gasteiger partial charge in [-0.05, 0) is 41.2 Å². The molecule has 3 aromatic rings. The lowest BCUT2D eigenvalue weighted by Gasteiger charge is -2.20. The van der Waals surface area contributed by atoms with Crippen molar-refractivity contribution in [2.24, 2.45) is 11.5 Å². The van der Waals surface area contributed by atoms with Crippen molar-refractivity contribution >= 4 is 41.0 Å². The Balaban J connectivity index is 0.00000432. The van der Waals surface area contributed by atoms with E-state index < -0.39 is 18.0 Å². The average Bonchev–Trinajstić information content (AvgIpc) is 2.82. The van der Waals surface area contributed by atoms with Crippen LogP contribution in [0.15, 0.2) is 72.8 Å². The third-order valence-corrected chi connectivity index (χ3v) is 5.57. The lowest BCUT2D eigenvalue weighted by atomic mass is 9.99. The van der Waals surface area contributed by atoms with Crippen molar-refractivity contribution in [3.63, 3.8) is 0 Å². The summed E-state index contributed by atoms with van der Waals surface area (Å²) in [6.07, 6.45) is 1.39. The van der Waals surface area contributed by atoms with Crippen molar-refractivity contribution in [1.82, 2.24) is 5.32 Å². The number of fused-ring (bicyclic) bond motifs is 1. The number of rotatable bonds is 12. The van der Waals surface area contributed by atoms with Crippen LogP contribution in [0.2, 0.25) is 0 Å². The first-order valence-corrected chi connectivity index (χ1v) is 11.4. The monoisotopic (exact) mass is 497 g/mol. The molecule has 2 atom stereocenters. The summed E-state index contributed by atoms with van der Waals surface area (Å²) >= 11 is 0. The van der Waals surface area contributed by atoms with Gasteiger partial charge in [-0.3, -0.25) is 14.4 Å². The largest absolute Gasteiger partial charge is 0.461 e. The molecule has 0 aliphatic rings. The summed E-state index contributed by atoms with van der Waals surface area (Å²) in [5.41, 5.74) is 13.3. The molecule has 0 radical (unpaired) electrons. The summed E-state index contributed by atoms with van der Waals surface area (Å²) in [7, 11) is 0. The molecule has 0 aliphatic heterocycles. The molecule has 3 aromatic carbocycles. The van der Waals surface area contributed by atoms with Crippen molar-refractivity contribution in [3.8, 4) is 0 Å². The molecule has 0 aliphatic carbocycles. The van der Waals surface area contributed by atoms with E-state index in [0.29, 0.717) is 19.3 Å². The summed E-state index contributed by atoms with van der Waals surface area (Å²) < 4.78 is 5.24. The maximum atomic E-state index is 12.6. The Bertz CT molecular complexity index is 1120. The summed E-state index contributed by atoms with van der Waals surface area (Å²) in [5.74, 6) is -1.20. The van der Waals surface area contributed by atoms with E-state index in [1.54, 1.807) is 0 Å². The molecule has 0 heterocycles. The van der Waals surface area contributed by atoms with Crippen LogP contribution in [0.25, 0.3) is 10.8 Å². The van der Waals surface area contributed by atoms with Crippen molar-refractivity contribution in [2.45, 2.75) is 50.8 Å². The number of carbonyl (C=O) groups excluding carboxylic acids is 3. The van der Waals surface area contributed by atoms with Crippen LogP contribution in [0, 0.1) is 0 Å². The van der Waals surface area contributed by atoms with E-state index in [1.807, 2.05) is 72.8 Å². The molecule has 35 heavy (non-hydrogen) atoms. The number of nitrogens with two attached hydrogens (primary N) is 2. The summed E-state index contributed by atoms with van der Waals surface area (Å²) in [6, 6.07) is 22.2. The van der Waals surface area contributed by atoms with Gasteiger partial charge >= 0.3 is 5.97 Å². The molecule has 8 heteroatoms. The van der Waals surface area contributed by atoms with E-state index in [9.17, 15) is 14.4 Å². The maximum Gasteiger partial charge on any atom is 0.306 e. The highest BCUT2D eigenvalue weighted by molar-refractivity contribution is 5.85. The first kappa shape index (κ1) is 27.8. The number of nitrogens with one attached hydrogen (secondary N) is 1. The first-order chi connectivity index (χ1) is 16.4. The van der Waals surface area contributed by atoms with E-state index in [-0.39, 0.29) is 43.7 Å². The Morgan fingerprint density at radius 3 is 2.29 bits per heavy atom. The lowest BCUT2D eigenvalue weighted by Crippen LogP contribution is -2.47. The number of primary amides is 1. The Morgan fingerprint density at radius 2 is 1.57 bits per heavy atom. The van der Waals surface area contributed by atoms with Gasteiger partial charge in [0.05, 0.1) is 6.04 Å². The predicted molar refractivity (Wildman–Crippen MR) is 139 cm³/mol. The molecule has 5 N–H and O–H groups in total. The molecule has 0 aromatic heterocycles. The maximum absolute atomic E-state index is 12.6. The third kappa shape index (κ3) is 9.39. The van der Waals surface area contributed by atoms with Crippen LogP contribution in [0.3, 0.4) is 0 Å². The van der Waals surface area contributed by atoms with Gasteiger partial charge in [-0.15, -0.1) is 12.4 Å². The van der Waals surface area contributed by atoms with Crippen LogP contribution in [0.5, 0.6) is 0 Å². The van der Waals surface area contributed by atoms with Crippen molar-refractivity contribution < 1.29 is 19.1 Å². The molecular weight excluding hydrogens is 466 g/mol. The standard InChI is InChI=1S/C27H31N3O4.ClH/c28-24(11-6-12-26(32)34-18-19-7-2-1-3-8-19)27(33)30-23(17-25(29)31)16-20-13-14-21-9-4-5-10-22(21)15-20;/h1-5,7-10,13-15,23-24H,6,11-12,16-18,28H2,(H2,29,31)(H,30,33);1H. The number of halogens is 1. The molecule has 0 spiro atoms. The van der Waals surface area contributed by atoms with Crippen LogP contribution >= 0.6 is 12.4 Å². The second-order valence-corrected chi connectivity index (χ2v) is 8.41. The van der Waals surface area contributed by atoms with Gasteiger partial charge in [-0.2, -0.15) is 0 Å². The third-order valence-electron chi connectivity index (χ3n) is 5.57. The Morgan fingerprint density at radius 1 is 0.886 bits per heavy atom. The topological polar surface area (TPSA) is 125 Å². The zero-order chi connectivity index (χ0) is 24.3. The van der Waals surface area contributed by atoms with E-state index in [0.717, 1.165) is 21.9 Å². The number of carbonyl (C=O) groups is 3. The highest BCUT2D eigenvalue weighted by Gasteiger charge is 2.20. The van der Waals surface area contributed by atoms with E-state index in [4.69, 9.17) is 16.2 Å². The highest BCUT2D eigenvalue weighted by atomic mass is 35.5. The van der Waals surface area contributed by atoms with Crippen LogP contribution in [0.1, 0.15) is 36.8 Å². The van der Waals surface area contributed by atoms with Gasteiger partial charge in [0.15, 0.2) is 0 Å². The van der Waals surface area contributed by atoms with Gasteiger partial charge in [-0.25, -0.2) is 0 Å². The number of ether oxygens (including phenoxy) is 1. The van der Waals surface area contributed by atoms with Crippen LogP contribution in [-0.4, -0.2) is 29.9 Å². The predicted octanol–water partition coefficient (Wildman–Crippen LogP) is 3.41. The molecule has 2 amide bonds. The van der Waals surface area contributed by atoms with Crippen molar-refractivity contribution in [2.75, 3.05) is 0 Å². The second-order valence-electron chi connectivity index (χ2n) is 8.41. The molecule has 186 valence electrons. The van der Waals surface area contributed by atoms with Crippen molar-refractivity contribution in [3.05, 3.63) is 83.9 Å². The quantitative estimate of drug-likeness (QED) is 0.331. The van der Waals surface area contributed by atoms with Gasteiger partial charge in [0.2, 0.25) is 11.8 Å². The molecule has 0 fully saturated rings. The minimum absolute atomic E-state index is 0. The van der Waals surface area contributed by atoms with Gasteiger partial charge in [0.25, 0.3) is 0 Å². The zero-order valence-electron chi connectivity index (χ0n) is 19.5.